The maximum absolute atomic E-state index is 12.7. The van der Waals surface area contributed by atoms with Crippen LogP contribution in [0.2, 0.25) is 0 Å². The van der Waals surface area contributed by atoms with Crippen molar-refractivity contribution >= 4 is 13.8 Å². The number of aliphatic hydroxyl groups excluding tert-OH is 2. The van der Waals surface area contributed by atoms with Gasteiger partial charge in [-0.25, -0.2) is 4.57 Å². The molecule has 0 aromatic carbocycles. The minimum atomic E-state index is -4.54. The molecule has 0 fully saturated rings. The molecule has 9 nitrogen and oxygen atoms in total. The predicted molar refractivity (Wildman–Crippen MR) is 251 cm³/mol. The third kappa shape index (κ3) is 44.9. The number of phosphoric ester groups is 1. The molecule has 0 saturated carbocycles. The van der Waals surface area contributed by atoms with Gasteiger partial charge in [-0.1, -0.05) is 169 Å². The fraction of sp³-hybridized carbons (Fsp3) is 0.660. The summed E-state index contributed by atoms with van der Waals surface area (Å²) in [7, 11) is -4.54. The van der Waals surface area contributed by atoms with Crippen LogP contribution in [0.5, 0.6) is 0 Å². The zero-order chi connectivity index (χ0) is 43.9. The van der Waals surface area contributed by atoms with E-state index in [-0.39, 0.29) is 13.0 Å². The van der Waals surface area contributed by atoms with Gasteiger partial charge in [0.1, 0.15) is 12.2 Å². The summed E-state index contributed by atoms with van der Waals surface area (Å²) in [6, 6.07) is 0. The van der Waals surface area contributed by atoms with Gasteiger partial charge in [0, 0.05) is 13.0 Å². The van der Waals surface area contributed by atoms with Crippen molar-refractivity contribution in [2.24, 2.45) is 0 Å². The Morgan fingerprint density at radius 2 is 0.900 bits per heavy atom. The van der Waals surface area contributed by atoms with Crippen molar-refractivity contribution in [2.45, 2.75) is 180 Å². The van der Waals surface area contributed by atoms with E-state index in [0.29, 0.717) is 13.0 Å². The lowest BCUT2D eigenvalue weighted by Crippen LogP contribution is -2.29. The van der Waals surface area contributed by atoms with Crippen molar-refractivity contribution in [2.75, 3.05) is 33.0 Å². The summed E-state index contributed by atoms with van der Waals surface area (Å²) in [4.78, 5) is 22.6. The molecule has 0 aromatic heterocycles. The average Bonchev–Trinajstić information content (AvgIpc) is 3.24. The highest BCUT2D eigenvalue weighted by atomic mass is 31.2. The molecule has 10 heteroatoms. The van der Waals surface area contributed by atoms with E-state index >= 15 is 0 Å². The summed E-state index contributed by atoms with van der Waals surface area (Å²) >= 11 is 0. The Morgan fingerprint density at radius 3 is 1.35 bits per heavy atom. The molecular formula is C50H85O9P. The van der Waals surface area contributed by atoms with Crippen LogP contribution in [0.3, 0.4) is 0 Å². The number of hydrogen-bond donors (Lipinski definition) is 3. The van der Waals surface area contributed by atoms with Gasteiger partial charge >= 0.3 is 13.8 Å². The molecule has 0 amide bonds. The third-order valence-electron chi connectivity index (χ3n) is 9.27. The molecule has 0 rings (SSSR count). The van der Waals surface area contributed by atoms with E-state index in [2.05, 4.69) is 111 Å². The predicted octanol–water partition coefficient (Wildman–Crippen LogP) is 13.3. The minimum absolute atomic E-state index is 0.0269. The van der Waals surface area contributed by atoms with Crippen LogP contribution in [0.4, 0.5) is 0 Å². The van der Waals surface area contributed by atoms with Crippen LogP contribution in [0.15, 0.2) is 97.2 Å². The smallest absolute Gasteiger partial charge is 0.457 e. The first-order valence-corrected chi connectivity index (χ1v) is 24.7. The van der Waals surface area contributed by atoms with Crippen molar-refractivity contribution in [1.82, 2.24) is 0 Å². The second kappa shape index (κ2) is 45.9. The maximum Gasteiger partial charge on any atom is 0.472 e. The Hall–Kier alpha value is -2.62. The van der Waals surface area contributed by atoms with Gasteiger partial charge in [0.2, 0.25) is 0 Å². The van der Waals surface area contributed by atoms with Crippen LogP contribution in [0.25, 0.3) is 0 Å². The topological polar surface area (TPSA) is 132 Å². The molecule has 3 N–H and O–H groups in total. The lowest BCUT2D eigenvalue weighted by Gasteiger charge is -2.20. The maximum atomic E-state index is 12.7. The molecule has 3 atom stereocenters. The molecule has 0 spiro atoms. The van der Waals surface area contributed by atoms with Gasteiger partial charge in [-0.05, 0) is 89.9 Å². The van der Waals surface area contributed by atoms with Crippen molar-refractivity contribution in [3.8, 4) is 0 Å². The first-order chi connectivity index (χ1) is 29.3. The fourth-order valence-electron chi connectivity index (χ4n) is 5.81. The molecule has 0 saturated heterocycles. The lowest BCUT2D eigenvalue weighted by molar-refractivity contribution is -0.154. The Balaban J connectivity index is 4.21. The number of unbranched alkanes of at least 4 members (excludes halogenated alkanes) is 13. The highest BCUT2D eigenvalue weighted by Crippen LogP contribution is 2.43. The molecule has 0 aromatic rings. The quantitative estimate of drug-likeness (QED) is 0.0237. The Bertz CT molecular complexity index is 1250. The average molecular weight is 861 g/mol. The highest BCUT2D eigenvalue weighted by Gasteiger charge is 2.26. The van der Waals surface area contributed by atoms with Crippen molar-refractivity contribution in [1.29, 1.82) is 0 Å². The van der Waals surface area contributed by atoms with Crippen LogP contribution >= 0.6 is 7.82 Å². The normalized spacial score (nSPS) is 14.8. The van der Waals surface area contributed by atoms with Gasteiger partial charge in [-0.15, -0.1) is 0 Å². The van der Waals surface area contributed by atoms with Gasteiger partial charge in [0.15, 0.2) is 0 Å². The van der Waals surface area contributed by atoms with E-state index in [9.17, 15) is 19.4 Å². The minimum Gasteiger partial charge on any atom is -0.457 e. The molecule has 0 radical (unpaired) electrons. The summed E-state index contributed by atoms with van der Waals surface area (Å²) in [6.07, 6.45) is 57.9. The Kier molecular flexibility index (Phi) is 43.9. The standard InChI is InChI=1S/C50H85O9P/c1-3-5-7-9-11-13-15-17-19-21-23-24-25-26-28-30-32-34-36-38-40-42-50(53)59-49(47-58-60(54,55)57-45-48(52)44-51)46-56-43-41-39-37-35-33-31-29-27-22-20-18-16-14-12-10-8-6-4-2/h5-8,11-14,17-20,23-24,27,29,48-49,51-52H,3-4,9-10,15-16,21-22,25-26,28,30-47H2,1-2H3,(H,54,55)/b7-5-,8-6-,13-11-,14-12-,19-17-,20-18-,24-23-,29-27-. The zero-order valence-electron chi connectivity index (χ0n) is 37.6. The first kappa shape index (κ1) is 57.4. The van der Waals surface area contributed by atoms with Gasteiger partial charge in [-0.2, -0.15) is 0 Å². The van der Waals surface area contributed by atoms with Crippen molar-refractivity contribution in [3.05, 3.63) is 97.2 Å². The van der Waals surface area contributed by atoms with Crippen LogP contribution in [0.1, 0.15) is 168 Å². The second-order valence-corrected chi connectivity index (χ2v) is 16.5. The zero-order valence-corrected chi connectivity index (χ0v) is 38.5. The van der Waals surface area contributed by atoms with Gasteiger partial charge < -0.3 is 24.6 Å². The number of carbonyl (C=O) groups is 1. The Morgan fingerprint density at radius 1 is 0.517 bits per heavy atom. The van der Waals surface area contributed by atoms with Crippen molar-refractivity contribution in [3.63, 3.8) is 0 Å². The summed E-state index contributed by atoms with van der Waals surface area (Å²) < 4.78 is 33.4. The number of rotatable bonds is 43. The molecule has 0 aliphatic heterocycles. The van der Waals surface area contributed by atoms with E-state index in [1.807, 2.05) is 0 Å². The molecular weight excluding hydrogens is 776 g/mol. The van der Waals surface area contributed by atoms with Crippen molar-refractivity contribution < 1.29 is 43.0 Å². The fourth-order valence-corrected chi connectivity index (χ4v) is 6.60. The van der Waals surface area contributed by atoms with E-state index in [1.165, 1.54) is 25.7 Å². The molecule has 60 heavy (non-hydrogen) atoms. The number of carbonyl (C=O) groups excluding carboxylic acids is 1. The number of esters is 1. The molecule has 3 unspecified atom stereocenters. The molecule has 344 valence electrons. The SMILES string of the molecule is CC/C=C\C/C=C\C/C=C\C/C=C\CCCCCCCCCCC(=O)OC(COCCCCCCC/C=C\C/C=C\C/C=C\C/C=C\CC)COP(=O)(O)OCC(O)CO. The van der Waals surface area contributed by atoms with E-state index in [0.717, 1.165) is 116 Å². The molecule has 0 aliphatic rings. The van der Waals surface area contributed by atoms with Gasteiger partial charge in [0.25, 0.3) is 0 Å². The van der Waals surface area contributed by atoms with Crippen LogP contribution in [-0.4, -0.2) is 66.3 Å². The summed E-state index contributed by atoms with van der Waals surface area (Å²) in [6.45, 7) is 3.22. The summed E-state index contributed by atoms with van der Waals surface area (Å²) in [5.74, 6) is -0.402. The van der Waals surface area contributed by atoms with E-state index < -0.39 is 45.8 Å². The number of aliphatic hydroxyl groups is 2. The van der Waals surface area contributed by atoms with Gasteiger partial charge in [0.05, 0.1) is 26.4 Å². The number of allylic oxidation sites excluding steroid dienone is 16. The summed E-state index contributed by atoms with van der Waals surface area (Å²) in [5.41, 5.74) is 0. The largest absolute Gasteiger partial charge is 0.472 e. The first-order valence-electron chi connectivity index (χ1n) is 23.2. The molecule has 0 bridgehead atoms. The Labute approximate surface area is 366 Å². The highest BCUT2D eigenvalue weighted by molar-refractivity contribution is 7.47. The third-order valence-corrected chi connectivity index (χ3v) is 10.2. The lowest BCUT2D eigenvalue weighted by atomic mass is 10.1. The molecule has 0 heterocycles. The number of ether oxygens (including phenoxy) is 2. The van der Waals surface area contributed by atoms with Crippen LogP contribution in [0, 0.1) is 0 Å². The second-order valence-electron chi connectivity index (χ2n) is 15.0. The summed E-state index contributed by atoms with van der Waals surface area (Å²) in [5, 5.41) is 18.4. The van der Waals surface area contributed by atoms with E-state index in [4.69, 9.17) is 23.6 Å². The van der Waals surface area contributed by atoms with E-state index in [1.54, 1.807) is 0 Å². The van der Waals surface area contributed by atoms with Crippen LogP contribution in [-0.2, 0) is 27.9 Å². The molecule has 0 aliphatic carbocycles. The monoisotopic (exact) mass is 861 g/mol. The van der Waals surface area contributed by atoms with Crippen LogP contribution < -0.4 is 0 Å². The number of phosphoric acid groups is 1. The van der Waals surface area contributed by atoms with Gasteiger partial charge in [-0.3, -0.25) is 13.8 Å². The number of hydrogen-bond acceptors (Lipinski definition) is 8.